The molecular weight excluding hydrogens is 481 g/mol. The van der Waals surface area contributed by atoms with Crippen molar-refractivity contribution < 1.29 is 9.13 Å². The molecule has 0 unspecified atom stereocenters. The second-order valence-electron chi connectivity index (χ2n) is 9.67. The summed E-state index contributed by atoms with van der Waals surface area (Å²) in [6.45, 7) is 3.65. The van der Waals surface area contributed by atoms with E-state index in [0.717, 1.165) is 66.5 Å². The average molecular weight is 508 g/mol. The quantitative estimate of drug-likeness (QED) is 0.402. The molecule has 1 aliphatic heterocycles. The van der Waals surface area contributed by atoms with E-state index in [2.05, 4.69) is 37.0 Å². The van der Waals surface area contributed by atoms with E-state index in [1.165, 1.54) is 18.7 Å². The van der Waals surface area contributed by atoms with Gasteiger partial charge in [-0.2, -0.15) is 5.26 Å². The van der Waals surface area contributed by atoms with Crippen molar-refractivity contribution in [2.75, 3.05) is 25.1 Å². The molecule has 3 aromatic heterocycles. The molecule has 0 atom stereocenters. The molecule has 1 fully saturated rings. The summed E-state index contributed by atoms with van der Waals surface area (Å²) in [6.07, 6.45) is 8.02. The number of imidazole rings is 1. The number of nitrogens with one attached hydrogen (secondary N) is 1. The van der Waals surface area contributed by atoms with Crippen LogP contribution in [0, 0.1) is 24.1 Å². The molecule has 1 aliphatic carbocycles. The third kappa shape index (κ3) is 4.28. The summed E-state index contributed by atoms with van der Waals surface area (Å²) in [6, 6.07) is 11.3. The smallest absolute Gasteiger partial charge is 0.250 e. The van der Waals surface area contributed by atoms with E-state index in [1.807, 2.05) is 31.2 Å². The molecule has 0 saturated carbocycles. The number of halogens is 1. The van der Waals surface area contributed by atoms with Crippen molar-refractivity contribution in [3.8, 4) is 23.2 Å². The Balaban J connectivity index is 1.18. The lowest BCUT2D eigenvalue weighted by Crippen LogP contribution is -2.34. The van der Waals surface area contributed by atoms with Gasteiger partial charge in [0.05, 0.1) is 30.1 Å². The van der Waals surface area contributed by atoms with Gasteiger partial charge in [-0.1, -0.05) is 12.1 Å². The number of aromatic amines is 1. The number of fused-ring (bicyclic) bond motifs is 1. The predicted molar refractivity (Wildman–Crippen MR) is 142 cm³/mol. The number of benzene rings is 1. The second-order valence-corrected chi connectivity index (χ2v) is 9.67. The van der Waals surface area contributed by atoms with Crippen LogP contribution in [-0.4, -0.2) is 45.1 Å². The zero-order valence-corrected chi connectivity index (χ0v) is 21.2. The number of rotatable bonds is 5. The van der Waals surface area contributed by atoms with Crippen molar-refractivity contribution in [2.45, 2.75) is 32.1 Å². The molecule has 190 valence electrons. The Morgan fingerprint density at radius 3 is 2.61 bits per heavy atom. The van der Waals surface area contributed by atoms with Crippen LogP contribution >= 0.6 is 0 Å². The summed E-state index contributed by atoms with van der Waals surface area (Å²) in [7, 11) is 1.40. The van der Waals surface area contributed by atoms with E-state index in [-0.39, 0.29) is 11.8 Å². The van der Waals surface area contributed by atoms with Crippen LogP contribution in [0.3, 0.4) is 0 Å². The van der Waals surface area contributed by atoms with Gasteiger partial charge < -0.3 is 14.6 Å². The summed E-state index contributed by atoms with van der Waals surface area (Å²) < 4.78 is 19.2. The Labute approximate surface area is 219 Å². The minimum Gasteiger partial charge on any atom is -0.479 e. The van der Waals surface area contributed by atoms with Gasteiger partial charge in [-0.3, -0.25) is 0 Å². The van der Waals surface area contributed by atoms with Crippen LogP contribution < -0.4 is 9.64 Å². The molecule has 1 aromatic carbocycles. The highest BCUT2D eigenvalue weighted by Crippen LogP contribution is 2.37. The Bertz CT molecular complexity index is 1580. The standard InChI is InChI=1S/C29H26FN7O/c1-17-26(22-12-24(30)29(38-2)32-15-22)36-27(35-17)20-7-9-37(10-8-20)28-23-11-21(13-25(23)33-16-34-28)19-5-3-18(14-31)4-6-19/h3-6,11-12,15-16,20H,7-10,13H2,1-2H3,(H,35,36). The van der Waals surface area contributed by atoms with Gasteiger partial charge in [-0.15, -0.1) is 0 Å². The van der Waals surface area contributed by atoms with E-state index in [4.69, 9.17) is 15.0 Å². The van der Waals surface area contributed by atoms with E-state index >= 15 is 0 Å². The van der Waals surface area contributed by atoms with Crippen LogP contribution in [0.5, 0.6) is 5.88 Å². The number of nitriles is 1. The number of anilines is 1. The SMILES string of the molecule is COc1ncc(-c2nc(C3CCN(c4ncnc5c4C=C(c4ccc(C#N)cc4)C5)CC3)[nH]c2C)cc1F. The van der Waals surface area contributed by atoms with Gasteiger partial charge in [0.1, 0.15) is 18.0 Å². The molecule has 4 aromatic rings. The number of nitrogens with zero attached hydrogens (tertiary/aromatic N) is 6. The molecular formula is C29H26FN7O. The molecule has 6 rings (SSSR count). The lowest BCUT2D eigenvalue weighted by molar-refractivity contribution is 0.369. The van der Waals surface area contributed by atoms with Crippen LogP contribution in [0.25, 0.3) is 22.9 Å². The van der Waals surface area contributed by atoms with Crippen LogP contribution in [-0.2, 0) is 6.42 Å². The average Bonchev–Trinajstić information content (AvgIpc) is 3.57. The van der Waals surface area contributed by atoms with Gasteiger partial charge in [-0.25, -0.2) is 24.3 Å². The maximum absolute atomic E-state index is 14.2. The number of piperidine rings is 1. The molecule has 9 heteroatoms. The van der Waals surface area contributed by atoms with Gasteiger partial charge >= 0.3 is 0 Å². The second kappa shape index (κ2) is 9.71. The largest absolute Gasteiger partial charge is 0.479 e. The number of ether oxygens (including phenoxy) is 1. The summed E-state index contributed by atoms with van der Waals surface area (Å²) in [4.78, 5) is 23.8. The number of methoxy groups -OCH3 is 1. The van der Waals surface area contributed by atoms with Crippen molar-refractivity contribution >= 4 is 17.5 Å². The summed E-state index contributed by atoms with van der Waals surface area (Å²) >= 11 is 0. The Morgan fingerprint density at radius 1 is 1.11 bits per heavy atom. The number of hydrogen-bond donors (Lipinski definition) is 1. The molecule has 0 bridgehead atoms. The third-order valence-corrected chi connectivity index (χ3v) is 7.37. The Kier molecular flexibility index (Phi) is 6.08. The lowest BCUT2D eigenvalue weighted by atomic mass is 9.96. The topological polar surface area (TPSA) is 104 Å². The first kappa shape index (κ1) is 23.8. The highest BCUT2D eigenvalue weighted by Gasteiger charge is 2.28. The molecule has 0 amide bonds. The monoisotopic (exact) mass is 507 g/mol. The summed E-state index contributed by atoms with van der Waals surface area (Å²) in [5.41, 5.74) is 7.28. The summed E-state index contributed by atoms with van der Waals surface area (Å²) in [5.74, 6) is 1.63. The van der Waals surface area contributed by atoms with Gasteiger partial charge in [0.2, 0.25) is 5.88 Å². The summed E-state index contributed by atoms with van der Waals surface area (Å²) in [5, 5.41) is 9.09. The Morgan fingerprint density at radius 2 is 1.89 bits per heavy atom. The van der Waals surface area contributed by atoms with E-state index in [9.17, 15) is 4.39 Å². The molecule has 1 N–H and O–H groups in total. The third-order valence-electron chi connectivity index (χ3n) is 7.37. The molecule has 0 spiro atoms. The van der Waals surface area contributed by atoms with Crippen LogP contribution in [0.15, 0.2) is 42.9 Å². The van der Waals surface area contributed by atoms with E-state index in [1.54, 1.807) is 12.5 Å². The minimum absolute atomic E-state index is 0.0235. The number of aromatic nitrogens is 5. The first-order chi connectivity index (χ1) is 18.5. The highest BCUT2D eigenvalue weighted by atomic mass is 19.1. The van der Waals surface area contributed by atoms with Gasteiger partial charge in [0.25, 0.3) is 0 Å². The maximum atomic E-state index is 14.2. The van der Waals surface area contributed by atoms with Crippen molar-refractivity contribution in [2.24, 2.45) is 0 Å². The van der Waals surface area contributed by atoms with Crippen LogP contribution in [0.4, 0.5) is 10.2 Å². The van der Waals surface area contributed by atoms with Crippen LogP contribution in [0.2, 0.25) is 0 Å². The minimum atomic E-state index is -0.504. The molecule has 0 radical (unpaired) electrons. The maximum Gasteiger partial charge on any atom is 0.250 e. The Hall–Kier alpha value is -4.58. The van der Waals surface area contributed by atoms with Crippen molar-refractivity contribution in [1.29, 1.82) is 5.26 Å². The predicted octanol–water partition coefficient (Wildman–Crippen LogP) is 5.07. The van der Waals surface area contributed by atoms with Crippen molar-refractivity contribution in [3.63, 3.8) is 0 Å². The van der Waals surface area contributed by atoms with Crippen molar-refractivity contribution in [3.05, 3.63) is 82.6 Å². The number of pyridine rings is 1. The first-order valence-corrected chi connectivity index (χ1v) is 12.6. The number of allylic oxidation sites excluding steroid dienone is 1. The molecule has 2 aliphatic rings. The number of aryl methyl sites for hydroxylation is 1. The normalized spacial score (nSPS) is 15.2. The lowest BCUT2D eigenvalue weighted by Gasteiger charge is -2.32. The molecule has 8 nitrogen and oxygen atoms in total. The van der Waals surface area contributed by atoms with Crippen LogP contribution in [0.1, 0.15) is 52.7 Å². The van der Waals surface area contributed by atoms with E-state index in [0.29, 0.717) is 16.8 Å². The highest BCUT2D eigenvalue weighted by molar-refractivity contribution is 5.91. The fourth-order valence-electron chi connectivity index (χ4n) is 5.34. The molecule has 4 heterocycles. The fourth-order valence-corrected chi connectivity index (χ4v) is 5.34. The van der Waals surface area contributed by atoms with E-state index < -0.39 is 5.82 Å². The van der Waals surface area contributed by atoms with Gasteiger partial charge in [0.15, 0.2) is 5.82 Å². The zero-order valence-electron chi connectivity index (χ0n) is 21.2. The van der Waals surface area contributed by atoms with Gasteiger partial charge in [0, 0.05) is 48.4 Å². The number of hydrogen-bond acceptors (Lipinski definition) is 7. The fraction of sp³-hybridized carbons (Fsp3) is 0.276. The number of H-pyrrole nitrogens is 1. The molecule has 1 saturated heterocycles. The van der Waals surface area contributed by atoms with Gasteiger partial charge in [-0.05, 0) is 55.2 Å². The zero-order chi connectivity index (χ0) is 26.2. The molecule has 38 heavy (non-hydrogen) atoms. The first-order valence-electron chi connectivity index (χ1n) is 12.6. The van der Waals surface area contributed by atoms with Crippen molar-refractivity contribution in [1.82, 2.24) is 24.9 Å².